The quantitative estimate of drug-likeness (QED) is 0.561. The summed E-state index contributed by atoms with van der Waals surface area (Å²) in [5, 5.41) is 8.64. The van der Waals surface area contributed by atoms with Gasteiger partial charge in [-0.2, -0.15) is 0 Å². The number of halogens is 2. The summed E-state index contributed by atoms with van der Waals surface area (Å²) in [6, 6.07) is 12.9. The van der Waals surface area contributed by atoms with Gasteiger partial charge in [0.2, 0.25) is 5.91 Å². The van der Waals surface area contributed by atoms with Crippen molar-refractivity contribution < 1.29 is 9.59 Å². The second kappa shape index (κ2) is 12.2. The number of para-hydroxylation sites is 2. The summed E-state index contributed by atoms with van der Waals surface area (Å²) >= 11 is 0. The van der Waals surface area contributed by atoms with E-state index in [1.165, 1.54) is 0 Å². The van der Waals surface area contributed by atoms with Gasteiger partial charge >= 0.3 is 0 Å². The molecule has 0 aromatic heterocycles. The molecule has 0 aliphatic carbocycles. The normalized spacial score (nSPS) is 9.44. The van der Waals surface area contributed by atoms with Gasteiger partial charge in [0.1, 0.15) is 0 Å². The third-order valence-corrected chi connectivity index (χ3v) is 3.78. The zero-order chi connectivity index (χ0) is 18.2. The van der Waals surface area contributed by atoms with Gasteiger partial charge in [-0.05, 0) is 37.1 Å². The maximum atomic E-state index is 12.3. The molecule has 6 nitrogen and oxygen atoms in total. The van der Waals surface area contributed by atoms with Crippen molar-refractivity contribution in [3.05, 3.63) is 59.2 Å². The van der Waals surface area contributed by atoms with Crippen molar-refractivity contribution in [2.24, 2.45) is 5.73 Å². The van der Waals surface area contributed by atoms with Crippen molar-refractivity contribution in [2.45, 2.75) is 13.8 Å². The van der Waals surface area contributed by atoms with Gasteiger partial charge in [0, 0.05) is 18.8 Å². The molecule has 0 saturated carbocycles. The number of rotatable bonds is 7. The fourth-order valence-electron chi connectivity index (χ4n) is 2.53. The van der Waals surface area contributed by atoms with E-state index in [9.17, 15) is 9.59 Å². The highest BCUT2D eigenvalue weighted by atomic mass is 35.5. The lowest BCUT2D eigenvalue weighted by Crippen LogP contribution is -2.30. The zero-order valence-corrected chi connectivity index (χ0v) is 17.0. The molecule has 0 atom stereocenters. The molecular weight excluding hydrogens is 387 g/mol. The Kier molecular flexibility index (Phi) is 11.1. The maximum absolute atomic E-state index is 12.3. The number of nitrogens with one attached hydrogen (secondary N) is 3. The number of aryl methyl sites for hydroxylation is 2. The molecule has 5 N–H and O–H groups in total. The first-order valence-electron chi connectivity index (χ1n) is 8.20. The highest BCUT2D eigenvalue weighted by Gasteiger charge is 2.13. The summed E-state index contributed by atoms with van der Waals surface area (Å²) in [4.78, 5) is 24.4. The van der Waals surface area contributed by atoms with Crippen LogP contribution >= 0.6 is 24.8 Å². The van der Waals surface area contributed by atoms with Crippen molar-refractivity contribution in [3.8, 4) is 0 Å². The van der Waals surface area contributed by atoms with Crippen LogP contribution in [0.1, 0.15) is 21.5 Å². The van der Waals surface area contributed by atoms with Crippen LogP contribution in [-0.2, 0) is 4.79 Å². The number of hydrogen-bond donors (Lipinski definition) is 4. The minimum atomic E-state index is -0.260. The van der Waals surface area contributed by atoms with Crippen molar-refractivity contribution in [1.82, 2.24) is 5.32 Å². The van der Waals surface area contributed by atoms with Gasteiger partial charge in [0.05, 0.1) is 17.8 Å². The van der Waals surface area contributed by atoms with Crippen LogP contribution in [0.5, 0.6) is 0 Å². The van der Waals surface area contributed by atoms with Crippen molar-refractivity contribution in [2.75, 3.05) is 30.3 Å². The van der Waals surface area contributed by atoms with Crippen molar-refractivity contribution in [1.29, 1.82) is 0 Å². The Bertz CT molecular complexity index is 749. The van der Waals surface area contributed by atoms with Crippen LogP contribution in [0.25, 0.3) is 0 Å². The highest BCUT2D eigenvalue weighted by molar-refractivity contribution is 6.04. The average molecular weight is 413 g/mol. The molecule has 0 fully saturated rings. The summed E-state index contributed by atoms with van der Waals surface area (Å²) in [5.74, 6) is -0.481. The molecule has 0 bridgehead atoms. The van der Waals surface area contributed by atoms with Crippen LogP contribution < -0.4 is 21.7 Å². The van der Waals surface area contributed by atoms with E-state index in [1.54, 1.807) is 24.3 Å². The van der Waals surface area contributed by atoms with Crippen molar-refractivity contribution in [3.63, 3.8) is 0 Å². The first-order valence-corrected chi connectivity index (χ1v) is 8.20. The van der Waals surface area contributed by atoms with E-state index in [-0.39, 0.29) is 43.2 Å². The molecular formula is C19H26Cl2N4O2. The van der Waals surface area contributed by atoms with E-state index >= 15 is 0 Å². The molecule has 0 aliphatic heterocycles. The summed E-state index contributed by atoms with van der Waals surface area (Å²) in [6.07, 6.45) is 0. The Morgan fingerprint density at radius 1 is 0.963 bits per heavy atom. The molecule has 27 heavy (non-hydrogen) atoms. The van der Waals surface area contributed by atoms with Crippen LogP contribution in [0.4, 0.5) is 11.4 Å². The smallest absolute Gasteiger partial charge is 0.253 e. The Labute approximate surface area is 172 Å². The van der Waals surface area contributed by atoms with Crippen LogP contribution in [-0.4, -0.2) is 31.4 Å². The summed E-state index contributed by atoms with van der Waals surface area (Å²) in [7, 11) is 0. The predicted octanol–water partition coefficient (Wildman–Crippen LogP) is 2.89. The zero-order valence-electron chi connectivity index (χ0n) is 15.4. The first kappa shape index (κ1) is 24.7. The summed E-state index contributed by atoms with van der Waals surface area (Å²) < 4.78 is 0. The van der Waals surface area contributed by atoms with Gasteiger partial charge in [0.25, 0.3) is 5.91 Å². The predicted molar refractivity (Wildman–Crippen MR) is 115 cm³/mol. The Balaban J connectivity index is 0.00000338. The Hall–Kier alpha value is -2.28. The highest BCUT2D eigenvalue weighted by Crippen LogP contribution is 2.19. The fraction of sp³-hybridized carbons (Fsp3) is 0.263. The Morgan fingerprint density at radius 3 is 2.22 bits per heavy atom. The lowest BCUT2D eigenvalue weighted by atomic mass is 10.1. The molecule has 2 aromatic rings. The van der Waals surface area contributed by atoms with E-state index in [4.69, 9.17) is 5.73 Å². The van der Waals surface area contributed by atoms with E-state index in [2.05, 4.69) is 16.0 Å². The van der Waals surface area contributed by atoms with Crippen LogP contribution in [0.2, 0.25) is 0 Å². The summed E-state index contributed by atoms with van der Waals surface area (Å²) in [6.45, 7) is 4.84. The van der Waals surface area contributed by atoms with Crippen molar-refractivity contribution >= 4 is 48.0 Å². The monoisotopic (exact) mass is 412 g/mol. The molecule has 2 aromatic carbocycles. The van der Waals surface area contributed by atoms with Gasteiger partial charge in [0.15, 0.2) is 0 Å². The van der Waals surface area contributed by atoms with Gasteiger partial charge < -0.3 is 21.7 Å². The maximum Gasteiger partial charge on any atom is 0.253 e. The third-order valence-electron chi connectivity index (χ3n) is 3.78. The lowest BCUT2D eigenvalue weighted by Gasteiger charge is -2.14. The van der Waals surface area contributed by atoms with E-state index in [0.717, 1.165) is 16.8 Å². The van der Waals surface area contributed by atoms with E-state index in [1.807, 2.05) is 32.0 Å². The van der Waals surface area contributed by atoms with Crippen LogP contribution in [0.15, 0.2) is 42.5 Å². The molecule has 2 rings (SSSR count). The van der Waals surface area contributed by atoms with Crippen LogP contribution in [0.3, 0.4) is 0 Å². The first-order chi connectivity index (χ1) is 12.0. The lowest BCUT2D eigenvalue weighted by molar-refractivity contribution is -0.114. The van der Waals surface area contributed by atoms with E-state index < -0.39 is 0 Å². The van der Waals surface area contributed by atoms with Gasteiger partial charge in [-0.25, -0.2) is 0 Å². The minimum absolute atomic E-state index is 0. The fourth-order valence-corrected chi connectivity index (χ4v) is 2.53. The number of anilines is 2. The summed E-state index contributed by atoms with van der Waals surface area (Å²) in [5.41, 5.74) is 9.40. The number of hydrogen-bond acceptors (Lipinski definition) is 4. The van der Waals surface area contributed by atoms with Gasteiger partial charge in [-0.15, -0.1) is 24.8 Å². The minimum Gasteiger partial charge on any atom is -0.376 e. The average Bonchev–Trinajstić information content (AvgIpc) is 2.59. The SMILES string of the molecule is Cc1cccc(C)c1NCC(=O)Nc1ccccc1C(=O)NCCN.Cl.Cl. The molecule has 0 heterocycles. The third kappa shape index (κ3) is 7.09. The van der Waals surface area contributed by atoms with E-state index in [0.29, 0.717) is 24.3 Å². The number of benzene rings is 2. The number of carbonyl (C=O) groups is 2. The largest absolute Gasteiger partial charge is 0.376 e. The molecule has 0 saturated heterocycles. The second-order valence-electron chi connectivity index (χ2n) is 5.76. The molecule has 0 unspecified atom stereocenters. The van der Waals surface area contributed by atoms with Gasteiger partial charge in [-0.1, -0.05) is 30.3 Å². The van der Waals surface area contributed by atoms with Crippen LogP contribution in [0, 0.1) is 13.8 Å². The molecule has 0 spiro atoms. The molecule has 8 heteroatoms. The molecule has 0 radical (unpaired) electrons. The van der Waals surface area contributed by atoms with Gasteiger partial charge in [-0.3, -0.25) is 9.59 Å². The number of nitrogens with two attached hydrogens (primary N) is 1. The number of amides is 2. The molecule has 2 amide bonds. The number of carbonyl (C=O) groups excluding carboxylic acids is 2. The topological polar surface area (TPSA) is 96.2 Å². The Morgan fingerprint density at radius 2 is 1.59 bits per heavy atom. The standard InChI is InChI=1S/C19H24N4O2.2ClH/c1-13-6-5-7-14(2)18(13)22-12-17(24)23-16-9-4-3-8-15(16)19(25)21-11-10-20;;/h3-9,22H,10-12,20H2,1-2H3,(H,21,25)(H,23,24);2*1H. The second-order valence-corrected chi connectivity index (χ2v) is 5.76. The molecule has 0 aliphatic rings. The molecule has 148 valence electrons.